The molecule has 2 N–H and O–H groups in total. The highest BCUT2D eigenvalue weighted by Crippen LogP contribution is 2.31. The summed E-state index contributed by atoms with van der Waals surface area (Å²) in [6, 6.07) is 2.13. The van der Waals surface area contributed by atoms with Crippen LogP contribution in [0, 0.1) is 5.92 Å². The molecule has 0 amide bonds. The van der Waals surface area contributed by atoms with Crippen LogP contribution in [0.1, 0.15) is 50.7 Å². The minimum atomic E-state index is 0.0989. The Labute approximate surface area is 108 Å². The second-order valence-electron chi connectivity index (χ2n) is 4.98. The Bertz CT molecular complexity index is 312. The van der Waals surface area contributed by atoms with E-state index < -0.39 is 0 Å². The van der Waals surface area contributed by atoms with E-state index in [1.165, 1.54) is 37.7 Å². The lowest BCUT2D eigenvalue weighted by Crippen LogP contribution is -2.27. The van der Waals surface area contributed by atoms with E-state index in [9.17, 15) is 0 Å². The summed E-state index contributed by atoms with van der Waals surface area (Å²) in [5, 5.41) is 4.24. The zero-order chi connectivity index (χ0) is 12.1. The third-order valence-electron chi connectivity index (χ3n) is 3.80. The number of thiophene rings is 1. The third-order valence-corrected chi connectivity index (χ3v) is 4.50. The molecule has 0 radical (unpaired) electrons. The smallest absolute Gasteiger partial charge is 0.0958 e. The molecule has 1 fully saturated rings. The lowest BCUT2D eigenvalue weighted by molar-refractivity contribution is -0.0380. The minimum Gasteiger partial charge on any atom is -0.369 e. The van der Waals surface area contributed by atoms with Crippen molar-refractivity contribution >= 4 is 11.3 Å². The molecule has 0 aromatic carbocycles. The molecule has 3 heteroatoms. The molecule has 2 nitrogen and oxygen atoms in total. The van der Waals surface area contributed by atoms with Gasteiger partial charge in [-0.1, -0.05) is 26.2 Å². The second-order valence-corrected chi connectivity index (χ2v) is 5.76. The minimum absolute atomic E-state index is 0.0989. The molecule has 2 rings (SSSR count). The summed E-state index contributed by atoms with van der Waals surface area (Å²) in [6.45, 7) is 2.87. The van der Waals surface area contributed by atoms with Gasteiger partial charge >= 0.3 is 0 Å². The fraction of sp³-hybridized carbons (Fsp3) is 0.714. The normalized spacial score (nSPS) is 26.9. The Morgan fingerprint density at radius 1 is 1.53 bits per heavy atom. The Hall–Kier alpha value is -0.380. The van der Waals surface area contributed by atoms with Crippen molar-refractivity contribution < 1.29 is 4.74 Å². The maximum atomic E-state index is 6.20. The molecule has 1 aromatic rings. The van der Waals surface area contributed by atoms with Crippen LogP contribution in [-0.4, -0.2) is 12.6 Å². The molecule has 1 heterocycles. The van der Waals surface area contributed by atoms with Gasteiger partial charge < -0.3 is 10.5 Å². The van der Waals surface area contributed by atoms with Crippen LogP contribution in [0.4, 0.5) is 0 Å². The van der Waals surface area contributed by atoms with E-state index in [1.807, 2.05) is 0 Å². The SMILES string of the molecule is CCC1CCCC(OC(CN)c2ccsc2)C1. The van der Waals surface area contributed by atoms with E-state index >= 15 is 0 Å². The molecule has 0 spiro atoms. The highest BCUT2D eigenvalue weighted by Gasteiger charge is 2.24. The van der Waals surface area contributed by atoms with Crippen LogP contribution in [0.3, 0.4) is 0 Å². The van der Waals surface area contributed by atoms with Crippen LogP contribution >= 0.6 is 11.3 Å². The number of rotatable bonds is 5. The highest BCUT2D eigenvalue weighted by atomic mass is 32.1. The van der Waals surface area contributed by atoms with Crippen molar-refractivity contribution in [3.63, 3.8) is 0 Å². The van der Waals surface area contributed by atoms with Crippen molar-refractivity contribution in [2.75, 3.05) is 6.54 Å². The lowest BCUT2D eigenvalue weighted by Gasteiger charge is -2.31. The average Bonchev–Trinajstić information content (AvgIpc) is 2.90. The molecule has 0 aliphatic heterocycles. The van der Waals surface area contributed by atoms with E-state index in [-0.39, 0.29) is 6.10 Å². The molecule has 1 saturated carbocycles. The molecule has 17 heavy (non-hydrogen) atoms. The molecular formula is C14H23NOS. The molecule has 0 bridgehead atoms. The first-order valence-corrected chi connectivity index (χ1v) is 7.65. The molecule has 96 valence electrons. The maximum Gasteiger partial charge on any atom is 0.0958 e. The number of nitrogens with two attached hydrogens (primary N) is 1. The summed E-state index contributed by atoms with van der Waals surface area (Å²) in [4.78, 5) is 0. The van der Waals surface area contributed by atoms with Crippen LogP contribution in [0.15, 0.2) is 16.8 Å². The van der Waals surface area contributed by atoms with Gasteiger partial charge in [-0.25, -0.2) is 0 Å². The van der Waals surface area contributed by atoms with Gasteiger partial charge in [-0.2, -0.15) is 11.3 Å². The summed E-state index contributed by atoms with van der Waals surface area (Å²) in [5.41, 5.74) is 7.07. The van der Waals surface area contributed by atoms with Gasteiger partial charge in [-0.15, -0.1) is 0 Å². The molecule has 1 aliphatic carbocycles. The zero-order valence-corrected chi connectivity index (χ0v) is 11.4. The zero-order valence-electron chi connectivity index (χ0n) is 10.6. The third kappa shape index (κ3) is 3.54. The summed E-state index contributed by atoms with van der Waals surface area (Å²) in [5.74, 6) is 0.856. The van der Waals surface area contributed by atoms with Crippen LogP contribution in [0.25, 0.3) is 0 Å². The van der Waals surface area contributed by atoms with Crippen molar-refractivity contribution in [3.8, 4) is 0 Å². The second kappa shape index (κ2) is 6.53. The van der Waals surface area contributed by atoms with Gasteiger partial charge in [0.1, 0.15) is 0 Å². The number of ether oxygens (including phenoxy) is 1. The Morgan fingerprint density at radius 3 is 3.06 bits per heavy atom. The topological polar surface area (TPSA) is 35.2 Å². The fourth-order valence-corrected chi connectivity index (χ4v) is 3.40. The van der Waals surface area contributed by atoms with Crippen molar-refractivity contribution in [1.82, 2.24) is 0 Å². The van der Waals surface area contributed by atoms with Gasteiger partial charge in [0, 0.05) is 6.54 Å². The molecule has 1 aliphatic rings. The average molecular weight is 253 g/mol. The van der Waals surface area contributed by atoms with Crippen LogP contribution in [-0.2, 0) is 4.74 Å². The van der Waals surface area contributed by atoms with E-state index in [1.54, 1.807) is 11.3 Å². The molecular weight excluding hydrogens is 230 g/mol. The maximum absolute atomic E-state index is 6.20. The summed E-state index contributed by atoms with van der Waals surface area (Å²) < 4.78 is 6.20. The van der Waals surface area contributed by atoms with Gasteiger partial charge in [0.25, 0.3) is 0 Å². The summed E-state index contributed by atoms with van der Waals surface area (Å²) in [7, 11) is 0. The fourth-order valence-electron chi connectivity index (χ4n) is 2.70. The highest BCUT2D eigenvalue weighted by molar-refractivity contribution is 7.07. The van der Waals surface area contributed by atoms with Gasteiger partial charge in [0.05, 0.1) is 12.2 Å². The number of hydrogen-bond acceptors (Lipinski definition) is 3. The van der Waals surface area contributed by atoms with E-state index in [0.717, 1.165) is 5.92 Å². The Morgan fingerprint density at radius 2 is 2.41 bits per heavy atom. The quantitative estimate of drug-likeness (QED) is 0.867. The Kier molecular flexibility index (Phi) is 5.01. The van der Waals surface area contributed by atoms with E-state index in [0.29, 0.717) is 12.6 Å². The van der Waals surface area contributed by atoms with Crippen LogP contribution in [0.5, 0.6) is 0 Å². The van der Waals surface area contributed by atoms with E-state index in [4.69, 9.17) is 10.5 Å². The van der Waals surface area contributed by atoms with Gasteiger partial charge in [-0.05, 0) is 41.1 Å². The first-order valence-electron chi connectivity index (χ1n) is 6.71. The van der Waals surface area contributed by atoms with Crippen molar-refractivity contribution in [1.29, 1.82) is 0 Å². The van der Waals surface area contributed by atoms with Gasteiger partial charge in [-0.3, -0.25) is 0 Å². The van der Waals surface area contributed by atoms with Crippen molar-refractivity contribution in [2.24, 2.45) is 11.7 Å². The van der Waals surface area contributed by atoms with Crippen molar-refractivity contribution in [3.05, 3.63) is 22.4 Å². The Balaban J connectivity index is 1.90. The van der Waals surface area contributed by atoms with Gasteiger partial charge in [0.2, 0.25) is 0 Å². The van der Waals surface area contributed by atoms with Crippen LogP contribution < -0.4 is 5.73 Å². The van der Waals surface area contributed by atoms with E-state index in [2.05, 4.69) is 23.8 Å². The first-order chi connectivity index (χ1) is 8.33. The predicted molar refractivity (Wildman–Crippen MR) is 73.2 cm³/mol. The summed E-state index contributed by atoms with van der Waals surface area (Å²) in [6.07, 6.45) is 6.91. The standard InChI is InChI=1S/C14H23NOS/c1-2-11-4-3-5-13(8-11)16-14(9-15)12-6-7-17-10-12/h6-7,10-11,13-14H,2-5,8-9,15H2,1H3. The predicted octanol–water partition coefficient (Wildman–Crippen LogP) is 3.73. The molecule has 3 unspecified atom stereocenters. The number of hydrogen-bond donors (Lipinski definition) is 1. The van der Waals surface area contributed by atoms with Gasteiger partial charge in [0.15, 0.2) is 0 Å². The monoisotopic (exact) mass is 253 g/mol. The largest absolute Gasteiger partial charge is 0.369 e. The van der Waals surface area contributed by atoms with Crippen LogP contribution in [0.2, 0.25) is 0 Å². The molecule has 0 saturated heterocycles. The summed E-state index contributed by atoms with van der Waals surface area (Å²) >= 11 is 1.71. The van der Waals surface area contributed by atoms with Crippen molar-refractivity contribution in [2.45, 2.75) is 51.2 Å². The molecule has 1 aromatic heterocycles. The molecule has 3 atom stereocenters. The lowest BCUT2D eigenvalue weighted by atomic mass is 9.85. The first kappa shape index (κ1) is 13.1.